The Morgan fingerprint density at radius 1 is 1.35 bits per heavy atom. The number of benzene rings is 1. The molecule has 0 spiro atoms. The van der Waals surface area contributed by atoms with Crippen LogP contribution in [0.5, 0.6) is 5.75 Å². The Bertz CT molecular complexity index is 450. The maximum Gasteiger partial charge on any atom is 0.127 e. The molecular weight excluding hydrogens is 221 g/mol. The quantitative estimate of drug-likeness (QED) is 0.690. The van der Waals surface area contributed by atoms with Crippen LogP contribution in [0.1, 0.15) is 11.3 Å². The highest BCUT2D eigenvalue weighted by Gasteiger charge is 1.99. The molecule has 0 aliphatic carbocycles. The van der Waals surface area contributed by atoms with E-state index >= 15 is 0 Å². The standard InChI is InChI=1S/C12H14FN3O/c13-10-3-9(4-12(17)5-10)6-14-2-1-11-7-15-8-16-11/h3-5,7-8,14,17H,1-2,6H2,(H,15,16). The minimum atomic E-state index is -0.421. The molecule has 1 aromatic carbocycles. The Balaban J connectivity index is 1.78. The van der Waals surface area contributed by atoms with E-state index in [-0.39, 0.29) is 5.75 Å². The van der Waals surface area contributed by atoms with Crippen LogP contribution < -0.4 is 5.32 Å². The van der Waals surface area contributed by atoms with Crippen molar-refractivity contribution in [3.63, 3.8) is 0 Å². The van der Waals surface area contributed by atoms with Gasteiger partial charge in [0, 0.05) is 37.5 Å². The van der Waals surface area contributed by atoms with Crippen molar-refractivity contribution >= 4 is 0 Å². The number of H-pyrrole nitrogens is 1. The summed E-state index contributed by atoms with van der Waals surface area (Å²) >= 11 is 0. The highest BCUT2D eigenvalue weighted by molar-refractivity contribution is 5.28. The Morgan fingerprint density at radius 2 is 2.24 bits per heavy atom. The molecule has 3 N–H and O–H groups in total. The van der Waals surface area contributed by atoms with Crippen molar-refractivity contribution in [2.24, 2.45) is 0 Å². The number of phenols is 1. The fourth-order valence-electron chi connectivity index (χ4n) is 1.61. The summed E-state index contributed by atoms with van der Waals surface area (Å²) in [6, 6.07) is 4.04. The summed E-state index contributed by atoms with van der Waals surface area (Å²) in [4.78, 5) is 6.92. The molecule has 0 saturated heterocycles. The number of nitrogens with zero attached hydrogens (tertiary/aromatic N) is 1. The predicted octanol–water partition coefficient (Wildman–Crippen LogP) is 1.59. The van der Waals surface area contributed by atoms with E-state index in [1.54, 1.807) is 18.6 Å². The van der Waals surface area contributed by atoms with Crippen LogP contribution in [-0.2, 0) is 13.0 Å². The zero-order chi connectivity index (χ0) is 12.1. The maximum atomic E-state index is 13.0. The normalized spacial score (nSPS) is 10.6. The monoisotopic (exact) mass is 235 g/mol. The number of phenolic OH excluding ortho intramolecular Hbond substituents is 1. The maximum absolute atomic E-state index is 13.0. The lowest BCUT2D eigenvalue weighted by molar-refractivity contribution is 0.467. The third kappa shape index (κ3) is 3.57. The van der Waals surface area contributed by atoms with Crippen LogP contribution in [0.2, 0.25) is 0 Å². The topological polar surface area (TPSA) is 60.9 Å². The average Bonchev–Trinajstić information content (AvgIpc) is 2.76. The lowest BCUT2D eigenvalue weighted by atomic mass is 10.2. The van der Waals surface area contributed by atoms with Gasteiger partial charge in [-0.1, -0.05) is 0 Å². The second-order valence-corrected chi connectivity index (χ2v) is 3.82. The van der Waals surface area contributed by atoms with E-state index in [9.17, 15) is 9.50 Å². The molecule has 0 unspecified atom stereocenters. The minimum absolute atomic E-state index is 0.0460. The van der Waals surface area contributed by atoms with Gasteiger partial charge < -0.3 is 15.4 Å². The van der Waals surface area contributed by atoms with Crippen LogP contribution in [0.15, 0.2) is 30.7 Å². The highest BCUT2D eigenvalue weighted by atomic mass is 19.1. The van der Waals surface area contributed by atoms with E-state index in [4.69, 9.17) is 0 Å². The van der Waals surface area contributed by atoms with Gasteiger partial charge in [0.25, 0.3) is 0 Å². The Hall–Kier alpha value is -1.88. The van der Waals surface area contributed by atoms with Gasteiger partial charge in [-0.2, -0.15) is 0 Å². The molecule has 5 heteroatoms. The van der Waals surface area contributed by atoms with Crippen LogP contribution in [0.4, 0.5) is 4.39 Å². The van der Waals surface area contributed by atoms with Crippen molar-refractivity contribution in [2.75, 3.05) is 6.54 Å². The molecular formula is C12H14FN3O. The number of aromatic hydroxyl groups is 1. The lowest BCUT2D eigenvalue weighted by Gasteiger charge is -2.05. The molecule has 1 heterocycles. The summed E-state index contributed by atoms with van der Waals surface area (Å²) in [5.74, 6) is -0.467. The second-order valence-electron chi connectivity index (χ2n) is 3.82. The number of aromatic amines is 1. The Morgan fingerprint density at radius 3 is 2.94 bits per heavy atom. The zero-order valence-corrected chi connectivity index (χ0v) is 9.28. The van der Waals surface area contributed by atoms with Crippen LogP contribution in [0.3, 0.4) is 0 Å². The van der Waals surface area contributed by atoms with Crippen molar-refractivity contribution < 1.29 is 9.50 Å². The Labute approximate surface area is 98.5 Å². The predicted molar refractivity (Wildman–Crippen MR) is 62.1 cm³/mol. The molecule has 0 aliphatic heterocycles. The van der Waals surface area contributed by atoms with Gasteiger partial charge in [-0.15, -0.1) is 0 Å². The van der Waals surface area contributed by atoms with Gasteiger partial charge in [0.15, 0.2) is 0 Å². The van der Waals surface area contributed by atoms with Crippen molar-refractivity contribution in [1.82, 2.24) is 15.3 Å². The lowest BCUT2D eigenvalue weighted by Crippen LogP contribution is -2.16. The third-order valence-electron chi connectivity index (χ3n) is 2.40. The Kier molecular flexibility index (Phi) is 3.72. The molecule has 0 fully saturated rings. The largest absolute Gasteiger partial charge is 0.508 e. The SMILES string of the molecule is Oc1cc(F)cc(CNCCc2cnc[nH]2)c1. The molecule has 2 rings (SSSR count). The molecule has 0 radical (unpaired) electrons. The van der Waals surface area contributed by atoms with Crippen molar-refractivity contribution in [2.45, 2.75) is 13.0 Å². The van der Waals surface area contributed by atoms with Crippen LogP contribution in [-0.4, -0.2) is 21.6 Å². The summed E-state index contributed by atoms with van der Waals surface area (Å²) < 4.78 is 13.0. The van der Waals surface area contributed by atoms with Gasteiger partial charge in [0.05, 0.1) is 6.33 Å². The first-order valence-electron chi connectivity index (χ1n) is 5.40. The zero-order valence-electron chi connectivity index (χ0n) is 9.28. The van der Waals surface area contributed by atoms with E-state index in [2.05, 4.69) is 15.3 Å². The fraction of sp³-hybridized carbons (Fsp3) is 0.250. The van der Waals surface area contributed by atoms with Crippen LogP contribution >= 0.6 is 0 Å². The van der Waals surface area contributed by atoms with Crippen molar-refractivity contribution in [3.05, 3.63) is 47.8 Å². The average molecular weight is 235 g/mol. The third-order valence-corrected chi connectivity index (χ3v) is 2.40. The van der Waals surface area contributed by atoms with Gasteiger partial charge in [0.2, 0.25) is 0 Å². The van der Waals surface area contributed by atoms with Crippen molar-refractivity contribution in [3.8, 4) is 5.75 Å². The molecule has 0 saturated carbocycles. The first-order valence-corrected chi connectivity index (χ1v) is 5.40. The first kappa shape index (κ1) is 11.6. The molecule has 90 valence electrons. The summed E-state index contributed by atoms with van der Waals surface area (Å²) in [7, 11) is 0. The molecule has 0 atom stereocenters. The van der Waals surface area contributed by atoms with E-state index in [0.29, 0.717) is 6.54 Å². The van der Waals surface area contributed by atoms with Gasteiger partial charge in [-0.3, -0.25) is 0 Å². The number of nitrogens with one attached hydrogen (secondary N) is 2. The van der Waals surface area contributed by atoms with Crippen LogP contribution in [0, 0.1) is 5.82 Å². The number of hydrogen-bond donors (Lipinski definition) is 3. The summed E-state index contributed by atoms with van der Waals surface area (Å²) in [6.07, 6.45) is 4.25. The number of imidazole rings is 1. The fourth-order valence-corrected chi connectivity index (χ4v) is 1.61. The summed E-state index contributed by atoms with van der Waals surface area (Å²) in [5, 5.41) is 12.4. The number of halogens is 1. The first-order chi connectivity index (χ1) is 8.24. The van der Waals surface area contributed by atoms with Gasteiger partial charge in [0.1, 0.15) is 11.6 Å². The molecule has 2 aromatic rings. The number of aromatic nitrogens is 2. The van der Waals surface area contributed by atoms with Crippen molar-refractivity contribution in [1.29, 1.82) is 0 Å². The highest BCUT2D eigenvalue weighted by Crippen LogP contribution is 2.14. The number of rotatable bonds is 5. The van der Waals surface area contributed by atoms with Gasteiger partial charge in [-0.05, 0) is 17.7 Å². The minimum Gasteiger partial charge on any atom is -0.508 e. The van der Waals surface area contributed by atoms with E-state index in [0.717, 1.165) is 30.3 Å². The molecule has 0 aliphatic rings. The molecule has 0 amide bonds. The van der Waals surface area contributed by atoms with E-state index in [1.165, 1.54) is 6.07 Å². The number of hydrogen-bond acceptors (Lipinski definition) is 3. The second kappa shape index (κ2) is 5.45. The summed E-state index contributed by atoms with van der Waals surface area (Å²) in [5.41, 5.74) is 1.78. The smallest absolute Gasteiger partial charge is 0.127 e. The van der Waals surface area contributed by atoms with Gasteiger partial charge in [-0.25, -0.2) is 9.37 Å². The molecule has 1 aromatic heterocycles. The van der Waals surface area contributed by atoms with E-state index < -0.39 is 5.82 Å². The molecule has 17 heavy (non-hydrogen) atoms. The van der Waals surface area contributed by atoms with E-state index in [1.807, 2.05) is 0 Å². The van der Waals surface area contributed by atoms with Crippen LogP contribution in [0.25, 0.3) is 0 Å². The molecule has 0 bridgehead atoms. The summed E-state index contributed by atoms with van der Waals surface area (Å²) in [6.45, 7) is 1.29. The molecule has 4 nitrogen and oxygen atoms in total. The van der Waals surface area contributed by atoms with Gasteiger partial charge >= 0.3 is 0 Å².